The van der Waals surface area contributed by atoms with E-state index in [0.717, 1.165) is 18.4 Å². The molecular formula is C22H20F6N2O5S. The summed E-state index contributed by atoms with van der Waals surface area (Å²) in [7, 11) is -3.58. The lowest BCUT2D eigenvalue weighted by atomic mass is 9.92. The molecule has 7 nitrogen and oxygen atoms in total. The van der Waals surface area contributed by atoms with Crippen molar-refractivity contribution in [1.82, 2.24) is 4.90 Å². The zero-order valence-electron chi connectivity index (χ0n) is 18.7. The van der Waals surface area contributed by atoms with E-state index in [9.17, 15) is 49.5 Å². The van der Waals surface area contributed by atoms with E-state index in [4.69, 9.17) is 0 Å². The molecule has 0 bridgehead atoms. The molecule has 1 heterocycles. The lowest BCUT2D eigenvalue weighted by Gasteiger charge is -2.32. The average molecular weight is 538 g/mol. The maximum absolute atomic E-state index is 13.1. The molecule has 1 unspecified atom stereocenters. The quantitative estimate of drug-likeness (QED) is 0.564. The molecule has 0 aromatic heterocycles. The fourth-order valence-electron chi connectivity index (χ4n) is 3.87. The summed E-state index contributed by atoms with van der Waals surface area (Å²) in [6.07, 6.45) is -11.1. The number of rotatable bonds is 5. The van der Waals surface area contributed by atoms with Crippen molar-refractivity contribution in [2.75, 3.05) is 11.6 Å². The predicted molar refractivity (Wildman–Crippen MR) is 114 cm³/mol. The molecule has 14 heteroatoms. The monoisotopic (exact) mass is 538 g/mol. The molecule has 196 valence electrons. The van der Waals surface area contributed by atoms with Crippen LogP contribution >= 0.6 is 0 Å². The maximum Gasteiger partial charge on any atom is 0.430 e. The fourth-order valence-corrected chi connectivity index (χ4v) is 4.54. The van der Waals surface area contributed by atoms with Crippen LogP contribution < -0.4 is 5.32 Å². The first-order valence-electron chi connectivity index (χ1n) is 10.3. The van der Waals surface area contributed by atoms with Crippen LogP contribution in [0.2, 0.25) is 0 Å². The van der Waals surface area contributed by atoms with Crippen molar-refractivity contribution in [3.63, 3.8) is 0 Å². The minimum Gasteiger partial charge on any atom is -0.369 e. The van der Waals surface area contributed by atoms with Crippen LogP contribution in [0.25, 0.3) is 0 Å². The zero-order valence-corrected chi connectivity index (χ0v) is 19.6. The number of amides is 2. The largest absolute Gasteiger partial charge is 0.430 e. The summed E-state index contributed by atoms with van der Waals surface area (Å²) in [4.78, 5) is 26.7. The average Bonchev–Trinajstić information content (AvgIpc) is 3.15. The Morgan fingerprint density at radius 1 is 1.03 bits per heavy atom. The summed E-state index contributed by atoms with van der Waals surface area (Å²) >= 11 is 0. The number of anilines is 1. The molecule has 2 N–H and O–H groups in total. The van der Waals surface area contributed by atoms with Crippen LogP contribution in [0.15, 0.2) is 47.4 Å². The van der Waals surface area contributed by atoms with E-state index in [1.807, 2.05) is 0 Å². The van der Waals surface area contributed by atoms with Gasteiger partial charge in [-0.1, -0.05) is 25.1 Å². The first-order chi connectivity index (χ1) is 16.4. The topological polar surface area (TPSA) is 104 Å². The Kier molecular flexibility index (Phi) is 6.92. The fraction of sp³-hybridized carbons (Fsp3) is 0.364. The van der Waals surface area contributed by atoms with Crippen molar-refractivity contribution >= 4 is 27.3 Å². The van der Waals surface area contributed by atoms with Gasteiger partial charge in [0.2, 0.25) is 5.91 Å². The highest BCUT2D eigenvalue weighted by molar-refractivity contribution is 7.90. The zero-order chi connectivity index (χ0) is 27.3. The summed E-state index contributed by atoms with van der Waals surface area (Å²) < 4.78 is 102. The van der Waals surface area contributed by atoms with E-state index in [1.165, 1.54) is 23.1 Å². The van der Waals surface area contributed by atoms with Crippen molar-refractivity contribution in [2.45, 2.75) is 48.8 Å². The number of aliphatic hydroxyl groups is 1. The first-order valence-corrected chi connectivity index (χ1v) is 12.2. The molecule has 2 amide bonds. The van der Waals surface area contributed by atoms with Gasteiger partial charge < -0.3 is 15.3 Å². The lowest BCUT2D eigenvalue weighted by molar-refractivity contribution is -0.376. The van der Waals surface area contributed by atoms with Gasteiger partial charge in [-0.15, -0.1) is 0 Å². The Bertz CT molecular complexity index is 1280. The maximum atomic E-state index is 13.1. The van der Waals surface area contributed by atoms with Crippen LogP contribution in [0.1, 0.15) is 36.1 Å². The SMILES string of the molecule is CCC(=O)N1Cc2cc(S(C)(=O)=O)ccc2C1C(=O)Nc1ccc(C(O)(C(F)(F)F)C(F)(F)F)cc1. The van der Waals surface area contributed by atoms with E-state index in [0.29, 0.717) is 23.3 Å². The summed E-state index contributed by atoms with van der Waals surface area (Å²) in [5.41, 5.74) is -6.09. The first kappa shape index (κ1) is 27.5. The van der Waals surface area contributed by atoms with E-state index >= 15 is 0 Å². The van der Waals surface area contributed by atoms with E-state index < -0.39 is 51.2 Å². The molecule has 0 spiro atoms. The second kappa shape index (κ2) is 9.07. The van der Waals surface area contributed by atoms with E-state index in [-0.39, 0.29) is 23.5 Å². The van der Waals surface area contributed by atoms with Crippen LogP contribution in [0.3, 0.4) is 0 Å². The number of benzene rings is 2. The number of nitrogens with one attached hydrogen (secondary N) is 1. The van der Waals surface area contributed by atoms with Crippen LogP contribution in [0.4, 0.5) is 32.0 Å². The van der Waals surface area contributed by atoms with E-state index in [2.05, 4.69) is 5.32 Å². The van der Waals surface area contributed by atoms with Gasteiger partial charge in [0.25, 0.3) is 11.5 Å². The second-order valence-electron chi connectivity index (χ2n) is 8.18. The third-order valence-corrected chi connectivity index (χ3v) is 6.86. The minimum absolute atomic E-state index is 0.0128. The number of halogens is 6. The van der Waals surface area contributed by atoms with Crippen molar-refractivity contribution in [3.8, 4) is 0 Å². The molecular weight excluding hydrogens is 518 g/mol. The van der Waals surface area contributed by atoms with Crippen molar-refractivity contribution in [3.05, 3.63) is 59.2 Å². The summed E-state index contributed by atoms with van der Waals surface area (Å²) in [5, 5.41) is 11.8. The molecule has 0 saturated carbocycles. The van der Waals surface area contributed by atoms with Gasteiger partial charge in [0.05, 0.1) is 4.90 Å². The Labute approximate surface area is 201 Å². The molecule has 3 rings (SSSR count). The van der Waals surface area contributed by atoms with Gasteiger partial charge >= 0.3 is 12.4 Å². The standard InChI is InChI=1S/C22H20F6N2O5S/c1-3-17(31)30-11-12-10-15(36(2,34)35)8-9-16(12)18(30)19(32)29-14-6-4-13(5-7-14)20(33,21(23,24)25)22(26,27)28/h4-10,18,33H,3,11H2,1-2H3,(H,29,32). The molecule has 1 atom stereocenters. The number of sulfone groups is 1. The molecule has 0 aliphatic carbocycles. The number of hydrogen-bond donors (Lipinski definition) is 2. The number of carbonyl (C=O) groups excluding carboxylic acids is 2. The van der Waals surface area contributed by atoms with Crippen LogP contribution in [0, 0.1) is 0 Å². The third-order valence-electron chi connectivity index (χ3n) is 5.75. The molecule has 36 heavy (non-hydrogen) atoms. The number of alkyl halides is 6. The smallest absolute Gasteiger partial charge is 0.369 e. The number of nitrogens with zero attached hydrogens (tertiary/aromatic N) is 1. The Morgan fingerprint density at radius 3 is 2.06 bits per heavy atom. The van der Waals surface area contributed by atoms with Gasteiger partial charge in [0, 0.05) is 30.5 Å². The molecule has 1 aliphatic heterocycles. The van der Waals surface area contributed by atoms with Crippen molar-refractivity contribution in [1.29, 1.82) is 0 Å². The lowest BCUT2D eigenvalue weighted by Crippen LogP contribution is -2.53. The molecule has 2 aromatic carbocycles. The Morgan fingerprint density at radius 2 is 1.58 bits per heavy atom. The van der Waals surface area contributed by atoms with E-state index in [1.54, 1.807) is 6.92 Å². The van der Waals surface area contributed by atoms with Gasteiger partial charge in [0.15, 0.2) is 9.84 Å². The number of carbonyl (C=O) groups is 2. The minimum atomic E-state index is -6.06. The van der Waals surface area contributed by atoms with Crippen molar-refractivity contribution < 1.29 is 49.5 Å². The van der Waals surface area contributed by atoms with Gasteiger partial charge in [-0.05, 0) is 35.4 Å². The van der Waals surface area contributed by atoms with Crippen LogP contribution in [-0.4, -0.2) is 48.8 Å². The molecule has 2 aromatic rings. The van der Waals surface area contributed by atoms with Crippen LogP contribution in [-0.2, 0) is 31.6 Å². The predicted octanol–water partition coefficient (Wildman–Crippen LogP) is 3.83. The highest BCUT2D eigenvalue weighted by atomic mass is 32.2. The molecule has 1 aliphatic rings. The van der Waals surface area contributed by atoms with Gasteiger partial charge in [-0.2, -0.15) is 26.3 Å². The summed E-state index contributed by atoms with van der Waals surface area (Å²) in [5.74, 6) is -1.26. The van der Waals surface area contributed by atoms with Crippen LogP contribution in [0.5, 0.6) is 0 Å². The highest BCUT2D eigenvalue weighted by Crippen LogP contribution is 2.50. The van der Waals surface area contributed by atoms with Gasteiger partial charge in [0.1, 0.15) is 6.04 Å². The highest BCUT2D eigenvalue weighted by Gasteiger charge is 2.71. The third kappa shape index (κ3) is 4.78. The second-order valence-corrected chi connectivity index (χ2v) is 10.2. The Balaban J connectivity index is 1.93. The van der Waals surface area contributed by atoms with Gasteiger partial charge in [-0.3, -0.25) is 9.59 Å². The summed E-state index contributed by atoms with van der Waals surface area (Å²) in [6, 6.07) is 5.02. The molecule has 0 radical (unpaired) electrons. The summed E-state index contributed by atoms with van der Waals surface area (Å²) in [6.45, 7) is 1.47. The number of fused-ring (bicyclic) bond motifs is 1. The van der Waals surface area contributed by atoms with Gasteiger partial charge in [-0.25, -0.2) is 8.42 Å². The molecule has 0 saturated heterocycles. The Hall–Kier alpha value is -3.13. The number of hydrogen-bond acceptors (Lipinski definition) is 5. The molecule has 0 fully saturated rings. The van der Waals surface area contributed by atoms with Crippen molar-refractivity contribution in [2.24, 2.45) is 0 Å². The normalized spacial score (nSPS) is 16.6.